The highest BCUT2D eigenvalue weighted by molar-refractivity contribution is 5.67. The number of hydrogen-bond acceptors (Lipinski definition) is 4. The van der Waals surface area contributed by atoms with Crippen molar-refractivity contribution in [2.75, 3.05) is 0 Å². The molecule has 4 aliphatic rings. The maximum absolute atomic E-state index is 11.5. The summed E-state index contributed by atoms with van der Waals surface area (Å²) in [4.78, 5) is 22.4. The molecular weight excluding hydrogens is 432 g/mol. The molecule has 6 nitrogen and oxygen atoms in total. The number of aromatic hydroxyl groups is 1. The summed E-state index contributed by atoms with van der Waals surface area (Å²) >= 11 is 0. The SMILES string of the molecule is C[C@]12CC[C@@H]3c4c(cc(O)c(CCCC(=O)O)c4CCCC(=O)O)CC[C@H]3[C@]13CC[C@]2(O)CC3. The Bertz CT molecular complexity index is 1000. The van der Waals surface area contributed by atoms with E-state index in [-0.39, 0.29) is 29.4 Å². The van der Waals surface area contributed by atoms with E-state index in [0.717, 1.165) is 62.5 Å². The van der Waals surface area contributed by atoms with Gasteiger partial charge in [-0.15, -0.1) is 0 Å². The van der Waals surface area contributed by atoms with Crippen LogP contribution in [0.1, 0.15) is 106 Å². The summed E-state index contributed by atoms with van der Waals surface area (Å²) in [6.45, 7) is 2.33. The minimum absolute atomic E-state index is 0.0244. The third-order valence-electron chi connectivity index (χ3n) is 10.6. The minimum Gasteiger partial charge on any atom is -0.508 e. The zero-order chi connectivity index (χ0) is 24.3. The molecule has 5 rings (SSSR count). The van der Waals surface area contributed by atoms with Crippen LogP contribution in [0, 0.1) is 16.7 Å². The van der Waals surface area contributed by atoms with Gasteiger partial charge in [0.15, 0.2) is 0 Å². The van der Waals surface area contributed by atoms with Crippen molar-refractivity contribution in [1.82, 2.24) is 0 Å². The van der Waals surface area contributed by atoms with Gasteiger partial charge in [-0.3, -0.25) is 9.59 Å². The lowest BCUT2D eigenvalue weighted by molar-refractivity contribution is -0.138. The molecule has 0 amide bonds. The Labute approximate surface area is 201 Å². The van der Waals surface area contributed by atoms with Crippen LogP contribution in [0.2, 0.25) is 0 Å². The largest absolute Gasteiger partial charge is 0.508 e. The molecule has 186 valence electrons. The lowest BCUT2D eigenvalue weighted by atomic mass is 9.47. The summed E-state index contributed by atoms with van der Waals surface area (Å²) in [5.41, 5.74) is 4.04. The average molecular weight is 471 g/mol. The van der Waals surface area contributed by atoms with Crippen LogP contribution in [0.5, 0.6) is 5.75 Å². The first-order valence-electron chi connectivity index (χ1n) is 13.1. The first kappa shape index (κ1) is 23.7. The number of carbonyl (C=O) groups is 2. The normalized spacial score (nSPS) is 35.5. The van der Waals surface area contributed by atoms with E-state index in [1.165, 1.54) is 11.1 Å². The fourth-order valence-electron chi connectivity index (χ4n) is 9.01. The van der Waals surface area contributed by atoms with Gasteiger partial charge in [0.25, 0.3) is 0 Å². The molecule has 6 heteroatoms. The molecule has 0 spiro atoms. The van der Waals surface area contributed by atoms with Crippen molar-refractivity contribution in [3.05, 3.63) is 28.3 Å². The highest BCUT2D eigenvalue weighted by Crippen LogP contribution is 2.77. The Kier molecular flexibility index (Phi) is 5.74. The van der Waals surface area contributed by atoms with Gasteiger partial charge in [0.05, 0.1) is 5.60 Å². The van der Waals surface area contributed by atoms with Crippen LogP contribution in [0.25, 0.3) is 0 Å². The number of hydrogen-bond donors (Lipinski definition) is 4. The van der Waals surface area contributed by atoms with E-state index in [0.29, 0.717) is 37.5 Å². The second-order valence-corrected chi connectivity index (χ2v) is 11.7. The molecule has 1 aromatic carbocycles. The Morgan fingerprint density at radius 2 is 1.56 bits per heavy atom. The predicted molar refractivity (Wildman–Crippen MR) is 127 cm³/mol. The van der Waals surface area contributed by atoms with Crippen molar-refractivity contribution in [2.24, 2.45) is 16.7 Å². The zero-order valence-corrected chi connectivity index (χ0v) is 20.2. The van der Waals surface area contributed by atoms with Crippen molar-refractivity contribution in [3.63, 3.8) is 0 Å². The molecule has 3 atom stereocenters. The van der Waals surface area contributed by atoms with Crippen molar-refractivity contribution < 1.29 is 30.0 Å². The quantitative estimate of drug-likeness (QED) is 0.427. The first-order valence-corrected chi connectivity index (χ1v) is 13.1. The molecule has 0 unspecified atom stereocenters. The number of aliphatic carboxylic acids is 2. The van der Waals surface area contributed by atoms with Crippen molar-refractivity contribution in [3.8, 4) is 5.75 Å². The van der Waals surface area contributed by atoms with E-state index in [9.17, 15) is 24.9 Å². The van der Waals surface area contributed by atoms with E-state index < -0.39 is 17.5 Å². The first-order chi connectivity index (χ1) is 16.1. The van der Waals surface area contributed by atoms with E-state index in [1.54, 1.807) is 0 Å². The molecule has 3 saturated carbocycles. The van der Waals surface area contributed by atoms with Crippen molar-refractivity contribution >= 4 is 11.9 Å². The van der Waals surface area contributed by atoms with Crippen LogP contribution >= 0.6 is 0 Å². The molecule has 0 radical (unpaired) electrons. The molecular formula is C28H38O6. The molecule has 4 aliphatic carbocycles. The molecule has 4 N–H and O–H groups in total. The molecule has 3 fully saturated rings. The number of fused-ring (bicyclic) bond motifs is 3. The maximum atomic E-state index is 11.5. The average Bonchev–Trinajstić information content (AvgIpc) is 3.15. The molecule has 2 bridgehead atoms. The third kappa shape index (κ3) is 3.31. The number of carboxylic acid groups (broad SMARTS) is 2. The summed E-state index contributed by atoms with van der Waals surface area (Å²) < 4.78 is 0. The predicted octanol–water partition coefficient (Wildman–Crippen LogP) is 4.96. The van der Waals surface area contributed by atoms with Crippen molar-refractivity contribution in [1.29, 1.82) is 0 Å². The number of benzene rings is 1. The number of carboxylic acids is 2. The smallest absolute Gasteiger partial charge is 0.303 e. The standard InChI is InChI=1S/C28H38O6/c1-26-11-10-20-21(27(26)12-14-28(26,34)15-13-27)9-8-17-16-22(29)18(4-2-6-23(30)31)19(25(17)20)5-3-7-24(32)33/h16,20-21,29,34H,2-15H2,1H3,(H,30,31)(H,32,33)/t20-,21+,26-,27-,28+/m0/s1. The Balaban J connectivity index is 1.55. The number of rotatable bonds is 8. The summed E-state index contributed by atoms with van der Waals surface area (Å²) in [6, 6.07) is 1.91. The van der Waals surface area contributed by atoms with Crippen LogP contribution < -0.4 is 0 Å². The monoisotopic (exact) mass is 470 g/mol. The molecule has 0 aromatic heterocycles. The highest BCUT2D eigenvalue weighted by Gasteiger charge is 2.73. The van der Waals surface area contributed by atoms with Gasteiger partial charge < -0.3 is 20.4 Å². The fourth-order valence-corrected chi connectivity index (χ4v) is 9.01. The van der Waals surface area contributed by atoms with E-state index in [1.807, 2.05) is 6.07 Å². The highest BCUT2D eigenvalue weighted by atomic mass is 16.4. The summed E-state index contributed by atoms with van der Waals surface area (Å²) in [7, 11) is 0. The molecule has 34 heavy (non-hydrogen) atoms. The van der Waals surface area contributed by atoms with Gasteiger partial charge in [0, 0.05) is 18.3 Å². The fraction of sp³-hybridized carbons (Fsp3) is 0.714. The van der Waals surface area contributed by atoms with E-state index in [4.69, 9.17) is 5.11 Å². The Hall–Kier alpha value is -2.08. The number of phenols is 1. The number of phenolic OH excluding ortho intramolecular Hbond substituents is 1. The Morgan fingerprint density at radius 1 is 0.941 bits per heavy atom. The maximum Gasteiger partial charge on any atom is 0.303 e. The lowest BCUT2D eigenvalue weighted by Crippen LogP contribution is -2.52. The van der Waals surface area contributed by atoms with Crippen LogP contribution in [-0.2, 0) is 28.9 Å². The van der Waals surface area contributed by atoms with Gasteiger partial charge in [-0.05, 0) is 123 Å². The number of aryl methyl sites for hydroxylation is 1. The molecule has 0 heterocycles. The van der Waals surface area contributed by atoms with Gasteiger partial charge in [-0.25, -0.2) is 0 Å². The van der Waals surface area contributed by atoms with Crippen molar-refractivity contribution in [2.45, 2.75) is 108 Å². The Morgan fingerprint density at radius 3 is 2.18 bits per heavy atom. The minimum atomic E-state index is -0.842. The van der Waals surface area contributed by atoms with E-state index in [2.05, 4.69) is 6.92 Å². The van der Waals surface area contributed by atoms with E-state index >= 15 is 0 Å². The third-order valence-corrected chi connectivity index (χ3v) is 10.6. The van der Waals surface area contributed by atoms with Gasteiger partial charge in [-0.2, -0.15) is 0 Å². The van der Waals surface area contributed by atoms with Gasteiger partial charge in [0.1, 0.15) is 5.75 Å². The lowest BCUT2D eigenvalue weighted by Gasteiger charge is -2.57. The summed E-state index contributed by atoms with van der Waals surface area (Å²) in [5, 5.41) is 40.8. The van der Waals surface area contributed by atoms with Crippen LogP contribution in [0.4, 0.5) is 0 Å². The molecule has 1 aromatic rings. The van der Waals surface area contributed by atoms with Gasteiger partial charge in [0.2, 0.25) is 0 Å². The van der Waals surface area contributed by atoms with Crippen LogP contribution in [0.3, 0.4) is 0 Å². The van der Waals surface area contributed by atoms with Gasteiger partial charge in [-0.1, -0.05) is 6.92 Å². The topological polar surface area (TPSA) is 115 Å². The molecule has 0 aliphatic heterocycles. The second kappa shape index (κ2) is 8.25. The van der Waals surface area contributed by atoms with Crippen LogP contribution in [0.15, 0.2) is 6.07 Å². The summed E-state index contributed by atoms with van der Waals surface area (Å²) in [5.74, 6) is -0.544. The van der Waals surface area contributed by atoms with Gasteiger partial charge >= 0.3 is 11.9 Å². The molecule has 0 saturated heterocycles. The van der Waals surface area contributed by atoms with Crippen LogP contribution in [-0.4, -0.2) is 38.0 Å². The zero-order valence-electron chi connectivity index (χ0n) is 20.2. The number of aliphatic hydroxyl groups is 1. The second-order valence-electron chi connectivity index (χ2n) is 11.7. The summed E-state index contributed by atoms with van der Waals surface area (Å²) in [6.07, 6.45) is 10.2.